The highest BCUT2D eigenvalue weighted by atomic mass is 16.2. The van der Waals surface area contributed by atoms with Crippen LogP contribution in [-0.4, -0.2) is 11.8 Å². The minimum Gasteiger partial charge on any atom is -0.267 e. The third-order valence-corrected chi connectivity index (χ3v) is 0.570. The Bertz CT molecular complexity index is 142. The number of rotatable bonds is 2. The molecule has 0 aliphatic rings. The molecule has 0 aromatic heterocycles. The average Bonchev–Trinajstić information content (AvgIpc) is 1.87. The van der Waals surface area contributed by atoms with E-state index in [4.69, 9.17) is 0 Å². The Morgan fingerprint density at radius 2 is 1.44 bits per heavy atom. The van der Waals surface area contributed by atoms with E-state index in [9.17, 15) is 9.59 Å². The van der Waals surface area contributed by atoms with Gasteiger partial charge in [-0.05, 0) is 12.2 Å². The van der Waals surface area contributed by atoms with E-state index in [0.29, 0.717) is 0 Å². The molecule has 0 aliphatic heterocycles. The Hall–Kier alpha value is -1.38. The lowest BCUT2D eigenvalue weighted by atomic mass is 10.5. The molecule has 0 rings (SSSR count). The third-order valence-electron chi connectivity index (χ3n) is 0.570. The van der Waals surface area contributed by atoms with Crippen LogP contribution in [0, 0.1) is 0 Å². The predicted octanol–water partition coefficient (Wildman–Crippen LogP) is 0.0160. The van der Waals surface area contributed by atoms with Crippen LogP contribution in [0.4, 0.5) is 0 Å². The fourth-order valence-corrected chi connectivity index (χ4v) is 0.200. The van der Waals surface area contributed by atoms with Gasteiger partial charge in [-0.25, -0.2) is 0 Å². The number of amides is 2. The van der Waals surface area contributed by atoms with Gasteiger partial charge < -0.3 is 0 Å². The third kappa shape index (κ3) is 3.22. The van der Waals surface area contributed by atoms with E-state index < -0.39 is 11.8 Å². The Kier molecular flexibility index (Phi) is 3.05. The van der Waals surface area contributed by atoms with E-state index in [1.807, 2.05) is 0 Å². The predicted molar refractivity (Wildman–Crippen MR) is 32.5 cm³/mol. The first kappa shape index (κ1) is 7.62. The van der Waals surface area contributed by atoms with Gasteiger partial charge in [0.05, 0.1) is 0 Å². The molecule has 0 heterocycles. The Morgan fingerprint density at radius 1 is 1.11 bits per heavy atom. The molecule has 0 fully saturated rings. The minimum absolute atomic E-state index is 0.639. The molecule has 0 aliphatic carbocycles. The number of carbonyl (C=O) groups is 2. The van der Waals surface area contributed by atoms with Crippen molar-refractivity contribution >= 4 is 11.8 Å². The number of carbonyl (C=O) groups excluding carboxylic acids is 2. The van der Waals surface area contributed by atoms with Gasteiger partial charge in [-0.2, -0.15) is 5.32 Å². The molecule has 0 atom stereocenters. The van der Waals surface area contributed by atoms with Crippen molar-refractivity contribution in [2.45, 2.75) is 0 Å². The second-order valence-electron chi connectivity index (χ2n) is 1.20. The van der Waals surface area contributed by atoms with Gasteiger partial charge in [-0.1, -0.05) is 13.2 Å². The summed E-state index contributed by atoms with van der Waals surface area (Å²) in [6.45, 7) is 6.24. The largest absolute Gasteiger partial charge is 0.272 e. The van der Waals surface area contributed by atoms with Gasteiger partial charge in [0.2, 0.25) is 0 Å². The topological polar surface area (TPSA) is 48.2 Å². The maximum atomic E-state index is 10.2. The van der Waals surface area contributed by atoms with E-state index in [0.717, 1.165) is 12.2 Å². The fourth-order valence-electron chi connectivity index (χ4n) is 0.200. The molecule has 2 amide bonds. The summed E-state index contributed by atoms with van der Waals surface area (Å²) in [6, 6.07) is 0. The zero-order valence-electron chi connectivity index (χ0n) is 4.83. The number of imide groups is 1. The lowest BCUT2D eigenvalue weighted by Crippen LogP contribution is -2.18. The van der Waals surface area contributed by atoms with Crippen LogP contribution in [-0.2, 0) is 9.59 Å². The van der Waals surface area contributed by atoms with Crippen molar-refractivity contribution in [3.05, 3.63) is 25.3 Å². The SMILES string of the molecule is C=CC(=O)[N]C(=O)C=C. The van der Waals surface area contributed by atoms with Crippen LogP contribution in [0.1, 0.15) is 0 Å². The van der Waals surface area contributed by atoms with Crippen LogP contribution in [0.3, 0.4) is 0 Å². The first-order valence-electron chi connectivity index (χ1n) is 2.25. The second-order valence-corrected chi connectivity index (χ2v) is 1.20. The molecule has 3 nitrogen and oxygen atoms in total. The van der Waals surface area contributed by atoms with E-state index in [-0.39, 0.29) is 0 Å². The molecule has 3 heteroatoms. The zero-order chi connectivity index (χ0) is 7.28. The van der Waals surface area contributed by atoms with Crippen molar-refractivity contribution < 1.29 is 9.59 Å². The molecule has 0 spiro atoms. The molecule has 0 saturated carbocycles. The van der Waals surface area contributed by atoms with Crippen LogP contribution >= 0.6 is 0 Å². The molecule has 9 heavy (non-hydrogen) atoms. The number of hydrogen-bond donors (Lipinski definition) is 0. The summed E-state index contributed by atoms with van der Waals surface area (Å²) < 4.78 is 0. The van der Waals surface area contributed by atoms with Crippen LogP contribution < -0.4 is 5.32 Å². The normalized spacial score (nSPS) is 7.56. The molecule has 0 N–H and O–H groups in total. The van der Waals surface area contributed by atoms with Gasteiger partial charge in [0.1, 0.15) is 0 Å². The monoisotopic (exact) mass is 124 g/mol. The minimum atomic E-state index is -0.639. The standard InChI is InChI=1S/C6H6NO2/c1-3-5(8)7-6(9)4-2/h3-4H,1-2H2. The summed E-state index contributed by atoms with van der Waals surface area (Å²) in [5.74, 6) is -1.28. The van der Waals surface area contributed by atoms with E-state index >= 15 is 0 Å². The van der Waals surface area contributed by atoms with Crippen molar-refractivity contribution in [1.29, 1.82) is 0 Å². The molecular formula is C6H6NO2. The average molecular weight is 124 g/mol. The summed E-state index contributed by atoms with van der Waals surface area (Å²) >= 11 is 0. The van der Waals surface area contributed by atoms with E-state index in [1.54, 1.807) is 0 Å². The Balaban J connectivity index is 3.73. The summed E-state index contributed by atoms with van der Waals surface area (Å²) in [5.41, 5.74) is 0. The summed E-state index contributed by atoms with van der Waals surface area (Å²) in [7, 11) is 0. The molecule has 47 valence electrons. The first-order valence-corrected chi connectivity index (χ1v) is 2.25. The molecule has 0 bridgehead atoms. The second kappa shape index (κ2) is 3.60. The smallest absolute Gasteiger partial charge is 0.267 e. The molecule has 0 unspecified atom stereocenters. The van der Waals surface area contributed by atoms with Crippen LogP contribution in [0.2, 0.25) is 0 Å². The van der Waals surface area contributed by atoms with Crippen molar-refractivity contribution in [2.24, 2.45) is 0 Å². The summed E-state index contributed by atoms with van der Waals surface area (Å²) in [4.78, 5) is 20.5. The molecule has 1 radical (unpaired) electrons. The fraction of sp³-hybridized carbons (Fsp3) is 0. The highest BCUT2D eigenvalue weighted by Crippen LogP contribution is 1.72. The number of hydrogen-bond acceptors (Lipinski definition) is 2. The van der Waals surface area contributed by atoms with Crippen LogP contribution in [0.25, 0.3) is 0 Å². The number of nitrogens with zero attached hydrogens (tertiary/aromatic N) is 1. The molecule has 0 aromatic rings. The van der Waals surface area contributed by atoms with Gasteiger partial charge in [-0.15, -0.1) is 0 Å². The van der Waals surface area contributed by atoms with Crippen molar-refractivity contribution in [3.63, 3.8) is 0 Å². The Labute approximate surface area is 53.1 Å². The molecular weight excluding hydrogens is 118 g/mol. The van der Waals surface area contributed by atoms with Gasteiger partial charge in [0.15, 0.2) is 0 Å². The summed E-state index contributed by atoms with van der Waals surface area (Å²) in [5, 5.41) is 3.00. The highest BCUT2D eigenvalue weighted by molar-refractivity contribution is 6.04. The van der Waals surface area contributed by atoms with E-state index in [2.05, 4.69) is 18.5 Å². The maximum Gasteiger partial charge on any atom is 0.272 e. The van der Waals surface area contributed by atoms with Crippen molar-refractivity contribution in [3.8, 4) is 0 Å². The first-order chi connectivity index (χ1) is 4.20. The lowest BCUT2D eigenvalue weighted by molar-refractivity contribution is -0.125. The van der Waals surface area contributed by atoms with Gasteiger partial charge in [-0.3, -0.25) is 9.59 Å². The summed E-state index contributed by atoms with van der Waals surface area (Å²) in [6.07, 6.45) is 1.92. The van der Waals surface area contributed by atoms with Crippen molar-refractivity contribution in [2.75, 3.05) is 0 Å². The quantitative estimate of drug-likeness (QED) is 0.487. The van der Waals surface area contributed by atoms with Crippen LogP contribution in [0.5, 0.6) is 0 Å². The van der Waals surface area contributed by atoms with Crippen LogP contribution in [0.15, 0.2) is 25.3 Å². The Morgan fingerprint density at radius 3 is 1.67 bits per heavy atom. The van der Waals surface area contributed by atoms with Gasteiger partial charge in [0, 0.05) is 0 Å². The maximum absolute atomic E-state index is 10.2. The lowest BCUT2D eigenvalue weighted by Gasteiger charge is -1.86. The van der Waals surface area contributed by atoms with Gasteiger partial charge in [0.25, 0.3) is 11.8 Å². The molecule has 0 saturated heterocycles. The highest BCUT2D eigenvalue weighted by Gasteiger charge is 1.99. The molecule has 0 aromatic carbocycles. The van der Waals surface area contributed by atoms with Gasteiger partial charge >= 0.3 is 0 Å². The van der Waals surface area contributed by atoms with E-state index in [1.165, 1.54) is 0 Å². The van der Waals surface area contributed by atoms with Crippen molar-refractivity contribution in [1.82, 2.24) is 5.32 Å². The zero-order valence-corrected chi connectivity index (χ0v) is 4.83.